The van der Waals surface area contributed by atoms with Crippen LogP contribution in [0.3, 0.4) is 0 Å². The van der Waals surface area contributed by atoms with Crippen molar-refractivity contribution in [3.8, 4) is 0 Å². The summed E-state index contributed by atoms with van der Waals surface area (Å²) < 4.78 is 0. The van der Waals surface area contributed by atoms with Gasteiger partial charge in [-0.3, -0.25) is 14.4 Å². The highest BCUT2D eigenvalue weighted by Crippen LogP contribution is 2.19. The summed E-state index contributed by atoms with van der Waals surface area (Å²) in [6.07, 6.45) is 0.556. The Morgan fingerprint density at radius 2 is 1.95 bits per heavy atom. The third kappa shape index (κ3) is 4.40. The van der Waals surface area contributed by atoms with E-state index in [1.54, 1.807) is 0 Å². The van der Waals surface area contributed by atoms with Gasteiger partial charge in [0.05, 0.1) is 19.1 Å². The van der Waals surface area contributed by atoms with Crippen LogP contribution in [0.25, 0.3) is 0 Å². The van der Waals surface area contributed by atoms with Crippen molar-refractivity contribution in [2.75, 3.05) is 13.2 Å². The van der Waals surface area contributed by atoms with Gasteiger partial charge in [0.15, 0.2) is 0 Å². The number of nitrogens with two attached hydrogens (primary N) is 2. The molecular weight excluding hydrogens is 296 g/mol. The zero-order valence-corrected chi connectivity index (χ0v) is 11.9. The fourth-order valence-electron chi connectivity index (χ4n) is 2.27. The molecule has 3 amide bonds. The number of carboxylic acid groups (broad SMARTS) is 1. The standard InChI is InChI=1S/C12H20N4O6/c13-6(4-9(14)18)11(20)16-3-1-2-8(16)10(19)15-7(5-17)12(21)22/h6-8,17H,1-5,13H2,(H2,14,18)(H,15,19)(H,21,22). The van der Waals surface area contributed by atoms with Gasteiger partial charge >= 0.3 is 5.97 Å². The summed E-state index contributed by atoms with van der Waals surface area (Å²) in [7, 11) is 0. The quantitative estimate of drug-likeness (QED) is 0.327. The number of likely N-dealkylation sites (tertiary alicyclic amines) is 1. The molecule has 1 saturated heterocycles. The molecule has 3 atom stereocenters. The third-order valence-corrected chi connectivity index (χ3v) is 3.37. The Morgan fingerprint density at radius 3 is 2.45 bits per heavy atom. The van der Waals surface area contributed by atoms with Gasteiger partial charge in [-0.1, -0.05) is 0 Å². The van der Waals surface area contributed by atoms with Gasteiger partial charge < -0.3 is 31.9 Å². The number of primary amides is 1. The van der Waals surface area contributed by atoms with E-state index < -0.39 is 48.4 Å². The van der Waals surface area contributed by atoms with Crippen LogP contribution in [-0.2, 0) is 19.2 Å². The van der Waals surface area contributed by atoms with Crippen LogP contribution in [0.2, 0.25) is 0 Å². The molecular formula is C12H20N4O6. The predicted molar refractivity (Wildman–Crippen MR) is 73.2 cm³/mol. The molecule has 0 saturated carbocycles. The second-order valence-corrected chi connectivity index (χ2v) is 5.05. The number of aliphatic hydroxyl groups excluding tert-OH is 1. The van der Waals surface area contributed by atoms with Crippen molar-refractivity contribution in [2.24, 2.45) is 11.5 Å². The van der Waals surface area contributed by atoms with Crippen molar-refractivity contribution in [1.82, 2.24) is 10.2 Å². The van der Waals surface area contributed by atoms with Crippen molar-refractivity contribution in [1.29, 1.82) is 0 Å². The number of nitrogens with one attached hydrogen (secondary N) is 1. The van der Waals surface area contributed by atoms with E-state index in [9.17, 15) is 19.2 Å². The van der Waals surface area contributed by atoms with Crippen molar-refractivity contribution < 1.29 is 29.4 Å². The van der Waals surface area contributed by atoms with Crippen LogP contribution in [0.4, 0.5) is 0 Å². The first-order valence-corrected chi connectivity index (χ1v) is 6.76. The molecule has 1 aliphatic rings. The molecule has 1 fully saturated rings. The molecule has 124 valence electrons. The lowest BCUT2D eigenvalue weighted by molar-refractivity contribution is -0.145. The van der Waals surface area contributed by atoms with Crippen molar-refractivity contribution >= 4 is 23.7 Å². The first-order valence-electron chi connectivity index (χ1n) is 6.76. The Hall–Kier alpha value is -2.20. The van der Waals surface area contributed by atoms with E-state index in [1.165, 1.54) is 4.90 Å². The highest BCUT2D eigenvalue weighted by Gasteiger charge is 2.37. The maximum atomic E-state index is 12.1. The highest BCUT2D eigenvalue weighted by molar-refractivity contribution is 5.93. The van der Waals surface area contributed by atoms with Crippen LogP contribution in [0.15, 0.2) is 0 Å². The molecule has 0 aromatic carbocycles. The average Bonchev–Trinajstić information content (AvgIpc) is 2.91. The zero-order chi connectivity index (χ0) is 16.9. The van der Waals surface area contributed by atoms with E-state index in [4.69, 9.17) is 21.7 Å². The van der Waals surface area contributed by atoms with Crippen LogP contribution in [-0.4, -0.2) is 70.1 Å². The van der Waals surface area contributed by atoms with E-state index in [0.717, 1.165) is 0 Å². The topological polar surface area (TPSA) is 176 Å². The van der Waals surface area contributed by atoms with E-state index in [1.807, 2.05) is 0 Å². The number of carbonyl (C=O) groups excluding carboxylic acids is 3. The molecule has 0 spiro atoms. The molecule has 22 heavy (non-hydrogen) atoms. The largest absolute Gasteiger partial charge is 0.480 e. The summed E-state index contributed by atoms with van der Waals surface area (Å²) in [5.74, 6) is -3.38. The molecule has 0 aliphatic carbocycles. The summed E-state index contributed by atoms with van der Waals surface area (Å²) in [4.78, 5) is 47.0. The van der Waals surface area contributed by atoms with Gasteiger partial charge in [0, 0.05) is 6.54 Å². The minimum absolute atomic E-state index is 0.278. The Labute approximate surface area is 126 Å². The fourth-order valence-corrected chi connectivity index (χ4v) is 2.27. The summed E-state index contributed by atoms with van der Waals surface area (Å²) in [6, 6.07) is -3.46. The molecule has 3 unspecified atom stereocenters. The number of aliphatic carboxylic acids is 1. The van der Waals surface area contributed by atoms with Crippen LogP contribution in [0.1, 0.15) is 19.3 Å². The lowest BCUT2D eigenvalue weighted by Crippen LogP contribution is -2.55. The molecule has 1 heterocycles. The molecule has 0 bridgehead atoms. The van der Waals surface area contributed by atoms with E-state index in [0.29, 0.717) is 12.8 Å². The number of aliphatic hydroxyl groups is 1. The molecule has 0 aromatic rings. The summed E-state index contributed by atoms with van der Waals surface area (Å²) in [5, 5.41) is 19.9. The molecule has 10 nitrogen and oxygen atoms in total. The Kier molecular flexibility index (Phi) is 6.25. The normalized spacial score (nSPS) is 20.3. The first-order chi connectivity index (χ1) is 10.3. The number of amides is 3. The maximum absolute atomic E-state index is 12.1. The fraction of sp³-hybridized carbons (Fsp3) is 0.667. The smallest absolute Gasteiger partial charge is 0.328 e. The Balaban J connectivity index is 2.73. The maximum Gasteiger partial charge on any atom is 0.328 e. The minimum Gasteiger partial charge on any atom is -0.480 e. The van der Waals surface area contributed by atoms with Gasteiger partial charge in [0.25, 0.3) is 0 Å². The molecule has 10 heteroatoms. The summed E-state index contributed by atoms with van der Waals surface area (Å²) >= 11 is 0. The highest BCUT2D eigenvalue weighted by atomic mass is 16.4. The van der Waals surface area contributed by atoms with Gasteiger partial charge in [0.2, 0.25) is 17.7 Å². The lowest BCUT2D eigenvalue weighted by Gasteiger charge is -2.27. The molecule has 0 radical (unpaired) electrons. The van der Waals surface area contributed by atoms with E-state index >= 15 is 0 Å². The number of nitrogens with zero attached hydrogens (tertiary/aromatic N) is 1. The molecule has 7 N–H and O–H groups in total. The van der Waals surface area contributed by atoms with Gasteiger partial charge in [-0.2, -0.15) is 0 Å². The molecule has 1 rings (SSSR count). The first kappa shape index (κ1) is 17.9. The van der Waals surface area contributed by atoms with Gasteiger partial charge in [0.1, 0.15) is 12.1 Å². The van der Waals surface area contributed by atoms with E-state index in [-0.39, 0.29) is 13.0 Å². The summed E-state index contributed by atoms with van der Waals surface area (Å²) in [6.45, 7) is -0.483. The number of carboxylic acids is 1. The average molecular weight is 316 g/mol. The second kappa shape index (κ2) is 7.71. The lowest BCUT2D eigenvalue weighted by atomic mass is 10.1. The monoisotopic (exact) mass is 316 g/mol. The number of rotatable bonds is 7. The predicted octanol–water partition coefficient (Wildman–Crippen LogP) is -3.26. The van der Waals surface area contributed by atoms with Gasteiger partial charge in [-0.15, -0.1) is 0 Å². The number of hydrogen-bond acceptors (Lipinski definition) is 6. The van der Waals surface area contributed by atoms with Crippen LogP contribution in [0.5, 0.6) is 0 Å². The zero-order valence-electron chi connectivity index (χ0n) is 11.9. The Bertz CT molecular complexity index is 469. The van der Waals surface area contributed by atoms with Crippen molar-refractivity contribution in [3.63, 3.8) is 0 Å². The van der Waals surface area contributed by atoms with Crippen LogP contribution >= 0.6 is 0 Å². The number of hydrogen-bond donors (Lipinski definition) is 5. The van der Waals surface area contributed by atoms with Crippen molar-refractivity contribution in [3.05, 3.63) is 0 Å². The minimum atomic E-state index is -1.44. The number of carbonyl (C=O) groups is 4. The van der Waals surface area contributed by atoms with Crippen LogP contribution in [0, 0.1) is 0 Å². The van der Waals surface area contributed by atoms with Crippen LogP contribution < -0.4 is 16.8 Å². The molecule has 0 aromatic heterocycles. The third-order valence-electron chi connectivity index (χ3n) is 3.37. The van der Waals surface area contributed by atoms with Gasteiger partial charge in [-0.25, -0.2) is 4.79 Å². The second-order valence-electron chi connectivity index (χ2n) is 5.05. The SMILES string of the molecule is NC(=O)CC(N)C(=O)N1CCCC1C(=O)NC(CO)C(=O)O. The summed E-state index contributed by atoms with van der Waals surface area (Å²) in [5.41, 5.74) is 10.6. The Morgan fingerprint density at radius 1 is 1.32 bits per heavy atom. The van der Waals surface area contributed by atoms with Gasteiger partial charge in [-0.05, 0) is 12.8 Å². The molecule has 1 aliphatic heterocycles. The van der Waals surface area contributed by atoms with E-state index in [2.05, 4.69) is 5.32 Å². The van der Waals surface area contributed by atoms with Crippen molar-refractivity contribution in [2.45, 2.75) is 37.4 Å².